The van der Waals surface area contributed by atoms with Crippen LogP contribution in [0.15, 0.2) is 18.2 Å². The maximum absolute atomic E-state index is 12.7. The van der Waals surface area contributed by atoms with Crippen LogP contribution in [0.3, 0.4) is 0 Å². The molecule has 0 aromatic heterocycles. The predicted molar refractivity (Wildman–Crippen MR) is 81.2 cm³/mol. The van der Waals surface area contributed by atoms with Crippen molar-refractivity contribution in [2.45, 2.75) is 6.42 Å². The lowest BCUT2D eigenvalue weighted by Gasteiger charge is -2.46. The zero-order valence-corrected chi connectivity index (χ0v) is 12.8. The number of nitrogens with zero attached hydrogens (tertiary/aromatic N) is 3. The van der Waals surface area contributed by atoms with Crippen molar-refractivity contribution >= 4 is 29.2 Å². The van der Waals surface area contributed by atoms with Crippen molar-refractivity contribution in [3.63, 3.8) is 0 Å². The topological polar surface area (TPSA) is 86.9 Å². The number of amides is 4. The third kappa shape index (κ3) is 1.71. The van der Waals surface area contributed by atoms with E-state index in [1.165, 1.54) is 14.1 Å². The van der Waals surface area contributed by atoms with Crippen molar-refractivity contribution in [3.8, 4) is 0 Å². The molecule has 2 heterocycles. The highest BCUT2D eigenvalue weighted by Gasteiger charge is 2.57. The van der Waals surface area contributed by atoms with Crippen LogP contribution in [0.5, 0.6) is 0 Å². The van der Waals surface area contributed by atoms with Crippen LogP contribution in [0.2, 0.25) is 0 Å². The molecule has 2 N–H and O–H groups in total. The molecule has 7 nitrogen and oxygen atoms in total. The minimum Gasteiger partial charge on any atom is -0.399 e. The van der Waals surface area contributed by atoms with Crippen LogP contribution in [0.1, 0.15) is 5.56 Å². The molecule has 1 fully saturated rings. The number of urea groups is 1. The third-order valence-corrected chi connectivity index (χ3v) is 4.52. The summed E-state index contributed by atoms with van der Waals surface area (Å²) in [7, 11) is 4.64. The van der Waals surface area contributed by atoms with Gasteiger partial charge in [-0.05, 0) is 30.2 Å². The van der Waals surface area contributed by atoms with Crippen LogP contribution in [-0.4, -0.2) is 55.3 Å². The Hall–Kier alpha value is -2.57. The Morgan fingerprint density at radius 3 is 2.23 bits per heavy atom. The maximum atomic E-state index is 12.7. The second-order valence-corrected chi connectivity index (χ2v) is 6.01. The molecule has 1 aromatic rings. The Bertz CT molecular complexity index is 676. The first kappa shape index (κ1) is 14.4. The quantitative estimate of drug-likeness (QED) is 0.550. The van der Waals surface area contributed by atoms with Crippen molar-refractivity contribution in [2.75, 3.05) is 38.3 Å². The SMILES string of the molecule is CN1C(=O)N(C)C(=O)C2(Cc3cc(N)ccc3N(C)C2)C1=O. The minimum atomic E-state index is -1.27. The fourth-order valence-corrected chi connectivity index (χ4v) is 3.41. The van der Waals surface area contributed by atoms with Crippen molar-refractivity contribution < 1.29 is 14.4 Å². The number of carbonyl (C=O) groups is 3. The largest absolute Gasteiger partial charge is 0.399 e. The number of carbonyl (C=O) groups excluding carboxylic acids is 3. The third-order valence-electron chi connectivity index (χ3n) is 4.52. The molecule has 2 aliphatic rings. The number of benzene rings is 1. The van der Waals surface area contributed by atoms with E-state index in [0.29, 0.717) is 5.69 Å². The molecule has 0 saturated carbocycles. The molecule has 1 spiro atoms. The Kier molecular flexibility index (Phi) is 2.91. The average molecular weight is 302 g/mol. The summed E-state index contributed by atoms with van der Waals surface area (Å²) in [5.74, 6) is -0.916. The molecule has 4 amide bonds. The summed E-state index contributed by atoms with van der Waals surface area (Å²) in [5.41, 5.74) is 6.92. The molecule has 0 unspecified atom stereocenters. The molecule has 0 aliphatic carbocycles. The molecule has 116 valence electrons. The first-order valence-electron chi connectivity index (χ1n) is 6.98. The second kappa shape index (κ2) is 4.46. The Balaban J connectivity index is 2.12. The van der Waals surface area contributed by atoms with Gasteiger partial charge in [0.25, 0.3) is 0 Å². The second-order valence-electron chi connectivity index (χ2n) is 6.01. The molecule has 1 aromatic carbocycles. The summed E-state index contributed by atoms with van der Waals surface area (Å²) in [4.78, 5) is 41.3. The number of hydrogen-bond donors (Lipinski definition) is 1. The van der Waals surface area contributed by atoms with Crippen LogP contribution in [0, 0.1) is 5.41 Å². The fourth-order valence-electron chi connectivity index (χ4n) is 3.41. The van der Waals surface area contributed by atoms with Crippen LogP contribution in [-0.2, 0) is 16.0 Å². The summed E-state index contributed by atoms with van der Waals surface area (Å²) in [5, 5.41) is 0. The summed E-state index contributed by atoms with van der Waals surface area (Å²) < 4.78 is 0. The molecule has 0 atom stereocenters. The van der Waals surface area contributed by atoms with E-state index < -0.39 is 23.3 Å². The van der Waals surface area contributed by atoms with Crippen LogP contribution >= 0.6 is 0 Å². The normalized spacial score (nSPS) is 20.7. The Morgan fingerprint density at radius 2 is 1.64 bits per heavy atom. The van der Waals surface area contributed by atoms with Gasteiger partial charge >= 0.3 is 6.03 Å². The van der Waals surface area contributed by atoms with Gasteiger partial charge in [-0.2, -0.15) is 0 Å². The molecule has 0 radical (unpaired) electrons. The van der Waals surface area contributed by atoms with Gasteiger partial charge in [0.2, 0.25) is 11.8 Å². The zero-order chi connectivity index (χ0) is 16.2. The molecule has 2 aliphatic heterocycles. The lowest BCUT2D eigenvalue weighted by molar-refractivity contribution is -0.156. The van der Waals surface area contributed by atoms with E-state index in [9.17, 15) is 14.4 Å². The summed E-state index contributed by atoms with van der Waals surface area (Å²) >= 11 is 0. The zero-order valence-electron chi connectivity index (χ0n) is 12.8. The fraction of sp³-hybridized carbons (Fsp3) is 0.400. The van der Waals surface area contributed by atoms with Crippen molar-refractivity contribution in [1.82, 2.24) is 9.80 Å². The highest BCUT2D eigenvalue weighted by Crippen LogP contribution is 2.41. The van der Waals surface area contributed by atoms with E-state index in [2.05, 4.69) is 0 Å². The molecule has 1 saturated heterocycles. The predicted octanol–water partition coefficient (Wildman–Crippen LogP) is 0.298. The van der Waals surface area contributed by atoms with Gasteiger partial charge in [-0.25, -0.2) is 4.79 Å². The van der Waals surface area contributed by atoms with E-state index in [0.717, 1.165) is 21.1 Å². The molecule has 7 heteroatoms. The molecular formula is C15H18N4O3. The number of nitrogen functional groups attached to an aromatic ring is 1. The minimum absolute atomic E-state index is 0.240. The van der Waals surface area contributed by atoms with E-state index in [4.69, 9.17) is 5.73 Å². The Labute approximate surface area is 128 Å². The van der Waals surface area contributed by atoms with E-state index in [1.807, 2.05) is 18.0 Å². The number of rotatable bonds is 0. The number of fused-ring (bicyclic) bond motifs is 1. The van der Waals surface area contributed by atoms with Crippen LogP contribution in [0.4, 0.5) is 16.2 Å². The molecular weight excluding hydrogens is 284 g/mol. The molecule has 3 rings (SSSR count). The summed E-state index contributed by atoms with van der Waals surface area (Å²) in [6, 6.07) is 4.86. The Morgan fingerprint density at radius 1 is 1.05 bits per heavy atom. The number of hydrogen-bond acceptors (Lipinski definition) is 5. The van der Waals surface area contributed by atoms with Crippen molar-refractivity contribution in [1.29, 1.82) is 0 Å². The summed E-state index contributed by atoms with van der Waals surface area (Å²) in [6.07, 6.45) is 0.247. The molecule has 22 heavy (non-hydrogen) atoms. The van der Waals surface area contributed by atoms with Gasteiger partial charge in [-0.1, -0.05) is 0 Å². The first-order valence-corrected chi connectivity index (χ1v) is 6.98. The highest BCUT2D eigenvalue weighted by molar-refractivity contribution is 6.19. The van der Waals surface area contributed by atoms with Gasteiger partial charge in [0.15, 0.2) is 5.41 Å². The van der Waals surface area contributed by atoms with Gasteiger partial charge < -0.3 is 10.6 Å². The molecule has 0 bridgehead atoms. The smallest absolute Gasteiger partial charge is 0.332 e. The number of anilines is 2. The lowest BCUT2D eigenvalue weighted by Crippen LogP contribution is -2.67. The number of barbiturate groups is 1. The van der Waals surface area contributed by atoms with Crippen LogP contribution < -0.4 is 10.6 Å². The average Bonchev–Trinajstić information content (AvgIpc) is 2.49. The van der Waals surface area contributed by atoms with E-state index in [-0.39, 0.29) is 13.0 Å². The van der Waals surface area contributed by atoms with Gasteiger partial charge in [0.05, 0.1) is 0 Å². The van der Waals surface area contributed by atoms with Gasteiger partial charge in [0, 0.05) is 39.1 Å². The van der Waals surface area contributed by atoms with Gasteiger partial charge in [-0.15, -0.1) is 0 Å². The monoisotopic (exact) mass is 302 g/mol. The van der Waals surface area contributed by atoms with Crippen molar-refractivity contribution in [2.24, 2.45) is 5.41 Å². The standard InChI is InChI=1S/C15H18N4O3/c1-17-8-15(7-9-6-10(16)4-5-11(9)17)12(20)18(2)14(22)19(3)13(15)21/h4-6H,7-8,16H2,1-3H3. The van der Waals surface area contributed by atoms with Crippen molar-refractivity contribution in [3.05, 3.63) is 23.8 Å². The first-order chi connectivity index (χ1) is 10.3. The highest BCUT2D eigenvalue weighted by atomic mass is 16.2. The lowest BCUT2D eigenvalue weighted by atomic mass is 9.74. The van der Waals surface area contributed by atoms with Crippen LogP contribution in [0.25, 0.3) is 0 Å². The number of imide groups is 2. The van der Waals surface area contributed by atoms with Gasteiger partial charge in [0.1, 0.15) is 0 Å². The van der Waals surface area contributed by atoms with E-state index in [1.54, 1.807) is 12.1 Å². The van der Waals surface area contributed by atoms with Gasteiger partial charge in [-0.3, -0.25) is 19.4 Å². The number of nitrogens with two attached hydrogens (primary N) is 1. The van der Waals surface area contributed by atoms with E-state index >= 15 is 0 Å². The summed E-state index contributed by atoms with van der Waals surface area (Å²) in [6.45, 7) is 0.240. The maximum Gasteiger partial charge on any atom is 0.332 e.